The van der Waals surface area contributed by atoms with E-state index in [9.17, 15) is 9.59 Å². The van der Waals surface area contributed by atoms with E-state index in [0.29, 0.717) is 11.1 Å². The van der Waals surface area contributed by atoms with Gasteiger partial charge in [-0.05, 0) is 49.9 Å². The normalized spacial score (nSPS) is 10.2. The lowest BCUT2D eigenvalue weighted by Gasteiger charge is -2.13. The molecule has 1 aromatic carbocycles. The number of ether oxygens (including phenoxy) is 2. The quantitative estimate of drug-likeness (QED) is 0.750. The summed E-state index contributed by atoms with van der Waals surface area (Å²) >= 11 is 0. The van der Waals surface area contributed by atoms with Gasteiger partial charge in [0, 0.05) is 0 Å². The van der Waals surface area contributed by atoms with E-state index in [1.54, 1.807) is 26.0 Å². The molecule has 0 aliphatic heterocycles. The van der Waals surface area contributed by atoms with Gasteiger partial charge in [-0.15, -0.1) is 0 Å². The molecule has 0 heterocycles. The van der Waals surface area contributed by atoms with Crippen LogP contribution in [0.15, 0.2) is 12.1 Å². The minimum Gasteiger partial charge on any atom is -0.462 e. The topological polar surface area (TPSA) is 52.6 Å². The van der Waals surface area contributed by atoms with Crippen molar-refractivity contribution < 1.29 is 19.1 Å². The molecule has 110 valence electrons. The summed E-state index contributed by atoms with van der Waals surface area (Å²) in [5.74, 6) is -0.958. The Balaban J connectivity index is 3.36. The Bertz CT molecular complexity index is 446. The third-order valence-electron chi connectivity index (χ3n) is 3.09. The molecular weight excluding hydrogens is 256 g/mol. The predicted octanol–water partition coefficient (Wildman–Crippen LogP) is 3.16. The van der Waals surface area contributed by atoms with Crippen molar-refractivity contribution in [2.75, 3.05) is 13.2 Å². The van der Waals surface area contributed by atoms with Gasteiger partial charge >= 0.3 is 11.9 Å². The molecule has 0 unspecified atom stereocenters. The molecule has 0 atom stereocenters. The molecule has 0 amide bonds. The van der Waals surface area contributed by atoms with Crippen LogP contribution in [-0.4, -0.2) is 25.2 Å². The van der Waals surface area contributed by atoms with Gasteiger partial charge in [0.1, 0.15) is 0 Å². The summed E-state index contributed by atoms with van der Waals surface area (Å²) in [4.78, 5) is 24.0. The number of benzene rings is 1. The van der Waals surface area contributed by atoms with E-state index < -0.39 is 11.9 Å². The molecule has 0 saturated carbocycles. The number of hydrogen-bond acceptors (Lipinski definition) is 4. The van der Waals surface area contributed by atoms with E-state index in [1.807, 2.05) is 13.8 Å². The maximum absolute atomic E-state index is 12.0. The number of aryl methyl sites for hydroxylation is 2. The number of hydrogen-bond donors (Lipinski definition) is 0. The first kappa shape index (κ1) is 16.2. The second-order valence-corrected chi connectivity index (χ2v) is 4.31. The van der Waals surface area contributed by atoms with Crippen LogP contribution in [0.25, 0.3) is 0 Å². The minimum absolute atomic E-state index is 0.276. The smallest absolute Gasteiger partial charge is 0.339 e. The number of esters is 2. The Morgan fingerprint density at radius 3 is 1.40 bits per heavy atom. The molecule has 0 radical (unpaired) electrons. The molecule has 0 spiro atoms. The van der Waals surface area contributed by atoms with Gasteiger partial charge in [-0.2, -0.15) is 0 Å². The molecule has 0 aliphatic carbocycles. The second kappa shape index (κ2) is 7.68. The van der Waals surface area contributed by atoms with Crippen molar-refractivity contribution in [1.82, 2.24) is 0 Å². The Morgan fingerprint density at radius 1 is 0.800 bits per heavy atom. The van der Waals surface area contributed by atoms with Crippen molar-refractivity contribution in [2.24, 2.45) is 0 Å². The summed E-state index contributed by atoms with van der Waals surface area (Å²) in [7, 11) is 0. The van der Waals surface area contributed by atoms with Gasteiger partial charge in [-0.3, -0.25) is 0 Å². The summed E-state index contributed by atoms with van der Waals surface area (Å²) in [6.07, 6.45) is 1.61. The average Bonchev–Trinajstić information content (AvgIpc) is 2.46. The van der Waals surface area contributed by atoms with Crippen LogP contribution in [-0.2, 0) is 22.3 Å². The van der Waals surface area contributed by atoms with Crippen LogP contribution in [0.1, 0.15) is 59.5 Å². The van der Waals surface area contributed by atoms with Crippen molar-refractivity contribution in [3.05, 3.63) is 34.4 Å². The lowest BCUT2D eigenvalue weighted by Crippen LogP contribution is -2.15. The highest BCUT2D eigenvalue weighted by Gasteiger charge is 2.21. The van der Waals surface area contributed by atoms with Gasteiger partial charge in [0.2, 0.25) is 0 Å². The van der Waals surface area contributed by atoms with Crippen LogP contribution >= 0.6 is 0 Å². The van der Waals surface area contributed by atoms with E-state index in [0.717, 1.165) is 24.0 Å². The molecule has 0 aromatic heterocycles. The van der Waals surface area contributed by atoms with E-state index in [2.05, 4.69) is 0 Å². The van der Waals surface area contributed by atoms with Crippen LogP contribution in [0.4, 0.5) is 0 Å². The highest BCUT2D eigenvalue weighted by Crippen LogP contribution is 2.21. The monoisotopic (exact) mass is 278 g/mol. The van der Waals surface area contributed by atoms with Gasteiger partial charge in [0.15, 0.2) is 0 Å². The van der Waals surface area contributed by atoms with Gasteiger partial charge in [-0.25, -0.2) is 9.59 Å². The summed E-state index contributed by atoms with van der Waals surface area (Å²) in [5.41, 5.74) is 2.70. The molecule has 4 heteroatoms. The fraction of sp³-hybridized carbons (Fsp3) is 0.500. The molecule has 0 N–H and O–H groups in total. The van der Waals surface area contributed by atoms with Crippen molar-refractivity contribution in [3.8, 4) is 0 Å². The lowest BCUT2D eigenvalue weighted by molar-refractivity contribution is 0.0478. The summed E-state index contributed by atoms with van der Waals surface area (Å²) in [6, 6.07) is 3.51. The molecule has 0 aliphatic rings. The Morgan fingerprint density at radius 2 is 1.15 bits per heavy atom. The van der Waals surface area contributed by atoms with Crippen molar-refractivity contribution in [1.29, 1.82) is 0 Å². The maximum atomic E-state index is 12.0. The Hall–Kier alpha value is -1.84. The first-order valence-electron chi connectivity index (χ1n) is 7.08. The van der Waals surface area contributed by atoms with Gasteiger partial charge in [0.25, 0.3) is 0 Å². The number of carbonyl (C=O) groups is 2. The largest absolute Gasteiger partial charge is 0.462 e. The lowest BCUT2D eigenvalue weighted by atomic mass is 9.95. The summed E-state index contributed by atoms with van der Waals surface area (Å²) in [5, 5.41) is 0. The highest BCUT2D eigenvalue weighted by molar-refractivity contribution is 6.03. The SMILES string of the molecule is CCOC(=O)c1cc(CC)c(CC)cc1C(=O)OCC. The third-order valence-corrected chi connectivity index (χ3v) is 3.09. The molecule has 20 heavy (non-hydrogen) atoms. The number of rotatable bonds is 6. The van der Waals surface area contributed by atoms with E-state index in [4.69, 9.17) is 9.47 Å². The summed E-state index contributed by atoms with van der Waals surface area (Å²) in [6.45, 7) is 8.07. The zero-order valence-electron chi connectivity index (χ0n) is 12.6. The van der Waals surface area contributed by atoms with Crippen LogP contribution in [0, 0.1) is 0 Å². The van der Waals surface area contributed by atoms with Crippen molar-refractivity contribution >= 4 is 11.9 Å². The van der Waals surface area contributed by atoms with Gasteiger partial charge < -0.3 is 9.47 Å². The van der Waals surface area contributed by atoms with E-state index in [-0.39, 0.29) is 13.2 Å². The highest BCUT2D eigenvalue weighted by atomic mass is 16.5. The van der Waals surface area contributed by atoms with Crippen molar-refractivity contribution in [2.45, 2.75) is 40.5 Å². The molecule has 1 aromatic rings. The average molecular weight is 278 g/mol. The first-order valence-corrected chi connectivity index (χ1v) is 7.08. The maximum Gasteiger partial charge on any atom is 0.339 e. The standard InChI is InChI=1S/C16H22O4/c1-5-11-9-13(15(17)19-7-3)14(10-12(11)6-2)16(18)20-8-4/h9-10H,5-8H2,1-4H3. The fourth-order valence-electron chi connectivity index (χ4n) is 2.10. The van der Waals surface area contributed by atoms with Crippen LogP contribution in [0.3, 0.4) is 0 Å². The van der Waals surface area contributed by atoms with Crippen molar-refractivity contribution in [3.63, 3.8) is 0 Å². The van der Waals surface area contributed by atoms with Crippen LogP contribution in [0.2, 0.25) is 0 Å². The number of carbonyl (C=O) groups excluding carboxylic acids is 2. The first-order chi connectivity index (χ1) is 9.58. The Kier molecular flexibility index (Phi) is 6.22. The van der Waals surface area contributed by atoms with E-state index >= 15 is 0 Å². The molecule has 1 rings (SSSR count). The van der Waals surface area contributed by atoms with Crippen LogP contribution in [0.5, 0.6) is 0 Å². The molecular formula is C16H22O4. The fourth-order valence-corrected chi connectivity index (χ4v) is 2.10. The predicted molar refractivity (Wildman–Crippen MR) is 77.1 cm³/mol. The zero-order chi connectivity index (χ0) is 15.1. The molecule has 0 bridgehead atoms. The third kappa shape index (κ3) is 3.59. The Labute approximate surface area is 120 Å². The molecule has 4 nitrogen and oxygen atoms in total. The van der Waals surface area contributed by atoms with Gasteiger partial charge in [0.05, 0.1) is 24.3 Å². The minimum atomic E-state index is -0.479. The summed E-state index contributed by atoms with van der Waals surface area (Å²) < 4.78 is 10.0. The molecule has 0 fully saturated rings. The second-order valence-electron chi connectivity index (χ2n) is 4.31. The molecule has 0 saturated heterocycles. The van der Waals surface area contributed by atoms with Gasteiger partial charge in [-0.1, -0.05) is 13.8 Å². The van der Waals surface area contributed by atoms with Crippen LogP contribution < -0.4 is 0 Å². The zero-order valence-corrected chi connectivity index (χ0v) is 12.6. The van der Waals surface area contributed by atoms with E-state index in [1.165, 1.54) is 0 Å².